The zero-order chi connectivity index (χ0) is 21.6. The van der Waals surface area contributed by atoms with E-state index in [1.807, 2.05) is 0 Å². The van der Waals surface area contributed by atoms with Crippen LogP contribution in [-0.2, 0) is 17.8 Å². The van der Waals surface area contributed by atoms with Crippen molar-refractivity contribution in [2.75, 3.05) is 6.54 Å². The molecule has 4 nitrogen and oxygen atoms in total. The van der Waals surface area contributed by atoms with Crippen LogP contribution in [0.5, 0.6) is 0 Å². The molecule has 1 amide bonds. The lowest BCUT2D eigenvalue weighted by atomic mass is 10.1. The number of carbonyl (C=O) groups excluding carboxylic acids is 1. The number of imidazole rings is 1. The summed E-state index contributed by atoms with van der Waals surface area (Å²) in [5, 5.41) is 2.91. The Morgan fingerprint density at radius 2 is 1.63 bits per heavy atom. The molecule has 2 aromatic rings. The summed E-state index contributed by atoms with van der Waals surface area (Å²) >= 11 is 0. The molecule has 0 bridgehead atoms. The van der Waals surface area contributed by atoms with E-state index in [1.54, 1.807) is 6.92 Å². The number of carbonyl (C=O) groups is 1. The van der Waals surface area contributed by atoms with Crippen molar-refractivity contribution in [3.8, 4) is 0 Å². The van der Waals surface area contributed by atoms with Crippen LogP contribution in [0.1, 0.15) is 90.3 Å². The minimum Gasteiger partial charge on any atom is -0.352 e. The maximum absolute atomic E-state index is 11.5. The van der Waals surface area contributed by atoms with Gasteiger partial charge in [-0.3, -0.25) is 4.79 Å². The van der Waals surface area contributed by atoms with Gasteiger partial charge in [0.1, 0.15) is 5.82 Å². The van der Waals surface area contributed by atoms with Crippen LogP contribution in [0.25, 0.3) is 11.0 Å². The first kappa shape index (κ1) is 24.2. The molecule has 166 valence electrons. The Morgan fingerprint density at radius 3 is 2.37 bits per heavy atom. The van der Waals surface area contributed by atoms with E-state index in [1.165, 1.54) is 62.7 Å². The van der Waals surface area contributed by atoms with Crippen molar-refractivity contribution in [1.29, 1.82) is 0 Å². The van der Waals surface area contributed by atoms with Crippen LogP contribution >= 0.6 is 0 Å². The van der Waals surface area contributed by atoms with Gasteiger partial charge in [0.25, 0.3) is 0 Å². The van der Waals surface area contributed by atoms with E-state index in [0.29, 0.717) is 5.57 Å². The number of fused-ring (bicyclic) bond motifs is 1. The minimum absolute atomic E-state index is 0.0397. The Labute approximate surface area is 183 Å². The molecule has 0 saturated carbocycles. The summed E-state index contributed by atoms with van der Waals surface area (Å²) in [7, 11) is 0. The van der Waals surface area contributed by atoms with Gasteiger partial charge in [0, 0.05) is 25.1 Å². The van der Waals surface area contributed by atoms with Gasteiger partial charge in [0.15, 0.2) is 0 Å². The van der Waals surface area contributed by atoms with Crippen LogP contribution in [0.2, 0.25) is 0 Å². The summed E-state index contributed by atoms with van der Waals surface area (Å²) in [6, 6.07) is 8.51. The number of hydrogen-bond donors (Lipinski definition) is 1. The van der Waals surface area contributed by atoms with Crippen molar-refractivity contribution in [3.05, 3.63) is 42.2 Å². The van der Waals surface area contributed by atoms with Gasteiger partial charge in [-0.25, -0.2) is 4.98 Å². The molecular weight excluding hydrogens is 370 g/mol. The van der Waals surface area contributed by atoms with Crippen LogP contribution < -0.4 is 5.32 Å². The van der Waals surface area contributed by atoms with Crippen LogP contribution in [-0.4, -0.2) is 22.0 Å². The lowest BCUT2D eigenvalue weighted by molar-refractivity contribution is -0.117. The van der Waals surface area contributed by atoms with Crippen molar-refractivity contribution in [1.82, 2.24) is 14.9 Å². The molecule has 1 aromatic carbocycles. The molecule has 30 heavy (non-hydrogen) atoms. The van der Waals surface area contributed by atoms with Crippen molar-refractivity contribution < 1.29 is 4.79 Å². The fourth-order valence-electron chi connectivity index (χ4n) is 3.91. The average molecular weight is 412 g/mol. The van der Waals surface area contributed by atoms with Gasteiger partial charge < -0.3 is 9.88 Å². The summed E-state index contributed by atoms with van der Waals surface area (Å²) in [4.78, 5) is 16.4. The standard InChI is InChI=1S/C26H41N3O/c1-4-5-6-7-8-9-10-16-21-29-24-18-14-13-17-23(24)28-25(29)19-12-11-15-20-27-26(30)22(2)3/h13-14,17-18H,2,4-12,15-16,19-21H2,1,3H3,(H,27,30). The number of rotatable bonds is 16. The molecular formula is C26H41N3O. The molecule has 1 N–H and O–H groups in total. The fourth-order valence-corrected chi connectivity index (χ4v) is 3.91. The summed E-state index contributed by atoms with van der Waals surface area (Å²) < 4.78 is 2.44. The van der Waals surface area contributed by atoms with Crippen molar-refractivity contribution in [3.63, 3.8) is 0 Å². The van der Waals surface area contributed by atoms with Gasteiger partial charge in [-0.2, -0.15) is 0 Å². The Hall–Kier alpha value is -2.10. The normalized spacial score (nSPS) is 11.1. The van der Waals surface area contributed by atoms with E-state index in [4.69, 9.17) is 4.98 Å². The molecule has 2 rings (SSSR count). The van der Waals surface area contributed by atoms with E-state index >= 15 is 0 Å². The van der Waals surface area contributed by atoms with E-state index < -0.39 is 0 Å². The lowest BCUT2D eigenvalue weighted by Gasteiger charge is -2.10. The van der Waals surface area contributed by atoms with E-state index in [0.717, 1.165) is 44.3 Å². The molecule has 1 aromatic heterocycles. The second kappa shape index (κ2) is 14.0. The predicted octanol–water partition coefficient (Wildman–Crippen LogP) is 6.58. The number of hydrogen-bond acceptors (Lipinski definition) is 2. The smallest absolute Gasteiger partial charge is 0.246 e. The Morgan fingerprint density at radius 1 is 0.967 bits per heavy atom. The number of para-hydroxylation sites is 2. The Bertz CT molecular complexity index is 778. The fraction of sp³-hybridized carbons (Fsp3) is 0.615. The maximum atomic E-state index is 11.5. The highest BCUT2D eigenvalue weighted by Crippen LogP contribution is 2.19. The topological polar surface area (TPSA) is 46.9 Å². The highest BCUT2D eigenvalue weighted by atomic mass is 16.1. The molecule has 0 aliphatic rings. The van der Waals surface area contributed by atoms with Gasteiger partial charge in [0.2, 0.25) is 5.91 Å². The molecule has 0 aliphatic heterocycles. The third kappa shape index (κ3) is 8.33. The number of aryl methyl sites for hydroxylation is 2. The van der Waals surface area contributed by atoms with Gasteiger partial charge in [-0.05, 0) is 38.3 Å². The number of benzene rings is 1. The minimum atomic E-state index is -0.0397. The van der Waals surface area contributed by atoms with Crippen LogP contribution in [0.4, 0.5) is 0 Å². The first-order valence-electron chi connectivity index (χ1n) is 12.0. The highest BCUT2D eigenvalue weighted by molar-refractivity contribution is 5.92. The first-order chi connectivity index (χ1) is 14.6. The quantitative estimate of drug-likeness (QED) is 0.250. The average Bonchev–Trinajstić information content (AvgIpc) is 3.09. The van der Waals surface area contributed by atoms with E-state index in [9.17, 15) is 4.79 Å². The number of nitrogens with zero attached hydrogens (tertiary/aromatic N) is 2. The zero-order valence-corrected chi connectivity index (χ0v) is 19.2. The summed E-state index contributed by atoms with van der Waals surface area (Å²) in [5.74, 6) is 1.17. The monoisotopic (exact) mass is 411 g/mol. The molecule has 0 radical (unpaired) electrons. The Balaban J connectivity index is 1.76. The molecule has 0 atom stereocenters. The summed E-state index contributed by atoms with van der Waals surface area (Å²) in [6.45, 7) is 9.48. The first-order valence-corrected chi connectivity index (χ1v) is 12.0. The third-order valence-corrected chi connectivity index (χ3v) is 5.72. The van der Waals surface area contributed by atoms with Crippen molar-refractivity contribution in [2.45, 2.75) is 97.4 Å². The van der Waals surface area contributed by atoms with Crippen molar-refractivity contribution >= 4 is 16.9 Å². The summed E-state index contributed by atoms with van der Waals surface area (Å²) in [5.41, 5.74) is 2.95. The van der Waals surface area contributed by atoms with Crippen LogP contribution in [0.15, 0.2) is 36.4 Å². The lowest BCUT2D eigenvalue weighted by Crippen LogP contribution is -2.24. The van der Waals surface area contributed by atoms with Gasteiger partial charge in [0.05, 0.1) is 11.0 Å². The van der Waals surface area contributed by atoms with Crippen molar-refractivity contribution in [2.24, 2.45) is 0 Å². The number of aromatic nitrogens is 2. The molecule has 4 heteroatoms. The van der Waals surface area contributed by atoms with Gasteiger partial charge >= 0.3 is 0 Å². The molecule has 0 spiro atoms. The molecule has 0 aliphatic carbocycles. The van der Waals surface area contributed by atoms with Crippen LogP contribution in [0.3, 0.4) is 0 Å². The largest absolute Gasteiger partial charge is 0.352 e. The maximum Gasteiger partial charge on any atom is 0.246 e. The number of nitrogens with one attached hydrogen (secondary N) is 1. The van der Waals surface area contributed by atoms with Gasteiger partial charge in [-0.1, -0.05) is 77.0 Å². The van der Waals surface area contributed by atoms with E-state index in [-0.39, 0.29) is 5.91 Å². The third-order valence-electron chi connectivity index (χ3n) is 5.72. The number of amides is 1. The van der Waals surface area contributed by atoms with Crippen LogP contribution in [0, 0.1) is 0 Å². The zero-order valence-electron chi connectivity index (χ0n) is 19.2. The molecule has 1 heterocycles. The van der Waals surface area contributed by atoms with Gasteiger partial charge in [-0.15, -0.1) is 0 Å². The predicted molar refractivity (Wildman–Crippen MR) is 128 cm³/mol. The highest BCUT2D eigenvalue weighted by Gasteiger charge is 2.10. The molecule has 0 fully saturated rings. The SMILES string of the molecule is C=C(C)C(=O)NCCCCCc1nc2ccccc2n1CCCCCCCCCC. The number of unbranched alkanes of at least 4 members (excludes halogenated alkanes) is 9. The Kier molecular flexibility index (Phi) is 11.3. The molecule has 0 unspecified atom stereocenters. The second-order valence-corrected chi connectivity index (χ2v) is 8.49. The molecule has 0 saturated heterocycles. The van der Waals surface area contributed by atoms with E-state index in [2.05, 4.69) is 47.7 Å². The second-order valence-electron chi connectivity index (χ2n) is 8.49. The summed E-state index contributed by atoms with van der Waals surface area (Å²) in [6.07, 6.45) is 14.9.